The lowest BCUT2D eigenvalue weighted by Gasteiger charge is -2.21. The molecule has 24 heavy (non-hydrogen) atoms. The standard InChI is InChI=1S/C16H17ClN4O3/c17-14-7-6-13(21(23)24)8-15(14)20-16(22)11(9-18)10-19-12-4-2-1-3-5-12/h6-8,10,12,19H,1-5H2,(H,20,22)/b11-10-. The van der Waals surface area contributed by atoms with Gasteiger partial charge in [-0.2, -0.15) is 5.26 Å². The summed E-state index contributed by atoms with van der Waals surface area (Å²) >= 11 is 5.94. The number of nitrogens with zero attached hydrogens (tertiary/aromatic N) is 2. The number of halogens is 1. The maximum absolute atomic E-state index is 12.2. The number of rotatable bonds is 5. The number of carbonyl (C=O) groups excluding carboxylic acids is 1. The predicted octanol–water partition coefficient (Wildman–Crippen LogP) is 3.52. The SMILES string of the molecule is N#C/C(=C/NC1CCCCC1)C(=O)Nc1cc([N+](=O)[O-])ccc1Cl. The van der Waals surface area contributed by atoms with Crippen LogP contribution in [0.25, 0.3) is 0 Å². The van der Waals surface area contributed by atoms with Crippen molar-refractivity contribution >= 4 is 28.9 Å². The maximum Gasteiger partial charge on any atom is 0.271 e. The van der Waals surface area contributed by atoms with Crippen LogP contribution in [-0.4, -0.2) is 16.9 Å². The summed E-state index contributed by atoms with van der Waals surface area (Å²) in [6, 6.07) is 5.81. The third-order valence-corrected chi connectivity index (χ3v) is 4.17. The minimum absolute atomic E-state index is 0.0923. The van der Waals surface area contributed by atoms with Crippen LogP contribution in [0.3, 0.4) is 0 Å². The van der Waals surface area contributed by atoms with Gasteiger partial charge in [-0.05, 0) is 18.9 Å². The minimum Gasteiger partial charge on any atom is -0.387 e. The number of nitriles is 1. The van der Waals surface area contributed by atoms with Gasteiger partial charge in [-0.25, -0.2) is 0 Å². The van der Waals surface area contributed by atoms with Crippen LogP contribution in [0.5, 0.6) is 0 Å². The number of hydrogen-bond donors (Lipinski definition) is 2. The Morgan fingerprint density at radius 1 is 1.38 bits per heavy atom. The molecule has 0 radical (unpaired) electrons. The Kier molecular flexibility index (Phi) is 6.15. The van der Waals surface area contributed by atoms with Gasteiger partial charge in [-0.1, -0.05) is 30.9 Å². The van der Waals surface area contributed by atoms with E-state index in [9.17, 15) is 14.9 Å². The van der Waals surface area contributed by atoms with Crippen molar-refractivity contribution in [2.75, 3.05) is 5.32 Å². The van der Waals surface area contributed by atoms with E-state index in [2.05, 4.69) is 10.6 Å². The fraction of sp³-hybridized carbons (Fsp3) is 0.375. The first kappa shape index (κ1) is 17.8. The van der Waals surface area contributed by atoms with E-state index in [1.54, 1.807) is 0 Å². The van der Waals surface area contributed by atoms with Crippen LogP contribution >= 0.6 is 11.6 Å². The van der Waals surface area contributed by atoms with Crippen LogP contribution in [-0.2, 0) is 4.79 Å². The van der Waals surface area contributed by atoms with Gasteiger partial charge >= 0.3 is 0 Å². The zero-order chi connectivity index (χ0) is 17.5. The third-order valence-electron chi connectivity index (χ3n) is 3.84. The highest BCUT2D eigenvalue weighted by Gasteiger charge is 2.16. The molecule has 0 atom stereocenters. The van der Waals surface area contributed by atoms with Crippen LogP contribution in [0.1, 0.15) is 32.1 Å². The topological polar surface area (TPSA) is 108 Å². The Labute approximate surface area is 144 Å². The molecule has 1 aliphatic rings. The van der Waals surface area contributed by atoms with Crippen molar-refractivity contribution in [3.8, 4) is 6.07 Å². The zero-order valence-corrected chi connectivity index (χ0v) is 13.7. The lowest BCUT2D eigenvalue weighted by molar-refractivity contribution is -0.384. The van der Waals surface area contributed by atoms with Gasteiger partial charge in [0.25, 0.3) is 11.6 Å². The lowest BCUT2D eigenvalue weighted by atomic mass is 9.96. The summed E-state index contributed by atoms with van der Waals surface area (Å²) in [4.78, 5) is 22.4. The maximum atomic E-state index is 12.2. The van der Waals surface area contributed by atoms with Crippen LogP contribution in [0, 0.1) is 21.4 Å². The molecular weight excluding hydrogens is 332 g/mol. The highest BCUT2D eigenvalue weighted by molar-refractivity contribution is 6.34. The van der Waals surface area contributed by atoms with E-state index in [0.29, 0.717) is 0 Å². The molecule has 0 aromatic heterocycles. The third kappa shape index (κ3) is 4.70. The van der Waals surface area contributed by atoms with Crippen molar-refractivity contribution in [1.29, 1.82) is 5.26 Å². The van der Waals surface area contributed by atoms with E-state index in [4.69, 9.17) is 16.9 Å². The first-order valence-corrected chi connectivity index (χ1v) is 8.00. The van der Waals surface area contributed by atoms with Crippen LogP contribution in [0.4, 0.5) is 11.4 Å². The molecule has 0 saturated heterocycles. The highest BCUT2D eigenvalue weighted by atomic mass is 35.5. The van der Waals surface area contributed by atoms with Crippen molar-refractivity contribution in [2.24, 2.45) is 0 Å². The van der Waals surface area contributed by atoms with Crippen LogP contribution < -0.4 is 10.6 Å². The summed E-state index contributed by atoms with van der Waals surface area (Å²) in [5.41, 5.74) is -0.213. The summed E-state index contributed by atoms with van der Waals surface area (Å²) in [6.07, 6.45) is 6.88. The van der Waals surface area contributed by atoms with E-state index in [1.165, 1.54) is 24.8 Å². The second-order valence-corrected chi connectivity index (χ2v) is 5.95. The number of anilines is 1. The number of amides is 1. The van der Waals surface area contributed by atoms with E-state index >= 15 is 0 Å². The molecule has 0 unspecified atom stereocenters. The minimum atomic E-state index is -0.664. The number of nitrogens with one attached hydrogen (secondary N) is 2. The summed E-state index contributed by atoms with van der Waals surface area (Å²) in [5.74, 6) is -0.664. The molecule has 1 saturated carbocycles. The lowest BCUT2D eigenvalue weighted by Crippen LogP contribution is -2.28. The molecule has 7 nitrogen and oxygen atoms in total. The molecule has 1 fully saturated rings. The second kappa shape index (κ2) is 8.31. The smallest absolute Gasteiger partial charge is 0.271 e. The molecule has 1 aromatic carbocycles. The quantitative estimate of drug-likeness (QED) is 0.366. The summed E-state index contributed by atoms with van der Waals surface area (Å²) < 4.78 is 0. The summed E-state index contributed by atoms with van der Waals surface area (Å²) in [5, 5.41) is 25.6. The van der Waals surface area contributed by atoms with Crippen molar-refractivity contribution in [3.63, 3.8) is 0 Å². The Morgan fingerprint density at radius 2 is 2.08 bits per heavy atom. The molecule has 0 spiro atoms. The van der Waals surface area contributed by atoms with Crippen LogP contribution in [0.2, 0.25) is 5.02 Å². The van der Waals surface area contributed by atoms with Gasteiger partial charge in [-0.15, -0.1) is 0 Å². The molecule has 1 aliphatic carbocycles. The molecule has 1 aromatic rings. The molecule has 126 valence electrons. The summed E-state index contributed by atoms with van der Waals surface area (Å²) in [6.45, 7) is 0. The Morgan fingerprint density at radius 3 is 2.71 bits per heavy atom. The molecular formula is C16H17ClN4O3. The molecule has 1 amide bonds. The Hall–Kier alpha value is -2.59. The van der Waals surface area contributed by atoms with Gasteiger partial charge in [0.05, 0.1) is 15.6 Å². The fourth-order valence-corrected chi connectivity index (χ4v) is 2.70. The van der Waals surface area contributed by atoms with Gasteiger partial charge in [0, 0.05) is 24.4 Å². The zero-order valence-electron chi connectivity index (χ0n) is 12.9. The normalized spacial score (nSPS) is 15.4. The van der Waals surface area contributed by atoms with Gasteiger partial charge < -0.3 is 10.6 Å². The molecule has 0 heterocycles. The van der Waals surface area contributed by atoms with E-state index in [0.717, 1.165) is 31.7 Å². The molecule has 0 bridgehead atoms. The van der Waals surface area contributed by atoms with Crippen molar-refractivity contribution in [2.45, 2.75) is 38.1 Å². The molecule has 2 rings (SSSR count). The van der Waals surface area contributed by atoms with E-state index < -0.39 is 10.8 Å². The van der Waals surface area contributed by atoms with E-state index in [1.807, 2.05) is 6.07 Å². The van der Waals surface area contributed by atoms with Crippen molar-refractivity contribution in [3.05, 3.63) is 45.1 Å². The Balaban J connectivity index is 2.07. The molecule has 2 N–H and O–H groups in total. The Bertz CT molecular complexity index is 706. The first-order valence-electron chi connectivity index (χ1n) is 7.63. The van der Waals surface area contributed by atoms with Gasteiger partial charge in [-0.3, -0.25) is 14.9 Å². The van der Waals surface area contributed by atoms with E-state index in [-0.39, 0.29) is 28.0 Å². The average molecular weight is 349 g/mol. The van der Waals surface area contributed by atoms with Gasteiger partial charge in [0.15, 0.2) is 0 Å². The van der Waals surface area contributed by atoms with Crippen molar-refractivity contribution < 1.29 is 9.72 Å². The monoisotopic (exact) mass is 348 g/mol. The first-order chi connectivity index (χ1) is 11.5. The predicted molar refractivity (Wildman–Crippen MR) is 90.4 cm³/mol. The van der Waals surface area contributed by atoms with Gasteiger partial charge in [0.2, 0.25) is 0 Å². The highest BCUT2D eigenvalue weighted by Crippen LogP contribution is 2.27. The fourth-order valence-electron chi connectivity index (χ4n) is 2.53. The average Bonchev–Trinajstić information content (AvgIpc) is 2.58. The largest absolute Gasteiger partial charge is 0.387 e. The molecule has 8 heteroatoms. The van der Waals surface area contributed by atoms with Crippen molar-refractivity contribution in [1.82, 2.24) is 5.32 Å². The van der Waals surface area contributed by atoms with Gasteiger partial charge in [0.1, 0.15) is 11.6 Å². The number of non-ortho nitro benzene ring substituents is 1. The number of nitro benzene ring substituents is 1. The number of benzene rings is 1. The number of nitro groups is 1. The second-order valence-electron chi connectivity index (χ2n) is 5.55. The molecule has 0 aliphatic heterocycles. The summed E-state index contributed by atoms with van der Waals surface area (Å²) in [7, 11) is 0. The number of hydrogen-bond acceptors (Lipinski definition) is 5. The van der Waals surface area contributed by atoms with Crippen LogP contribution in [0.15, 0.2) is 30.0 Å². The number of carbonyl (C=O) groups is 1.